The van der Waals surface area contributed by atoms with Crippen molar-refractivity contribution in [3.05, 3.63) is 29.3 Å². The minimum Gasteiger partial charge on any atom is -0.491 e. The van der Waals surface area contributed by atoms with Gasteiger partial charge in [-0.3, -0.25) is 0 Å². The first-order chi connectivity index (χ1) is 9.99. The van der Waals surface area contributed by atoms with E-state index in [1.807, 2.05) is 26.0 Å². The second-order valence-corrected chi connectivity index (χ2v) is 5.91. The van der Waals surface area contributed by atoms with Crippen LogP contribution in [0, 0.1) is 19.8 Å². The highest BCUT2D eigenvalue weighted by Crippen LogP contribution is 2.19. The number of ether oxygens (including phenoxy) is 2. The van der Waals surface area contributed by atoms with Gasteiger partial charge in [0.15, 0.2) is 0 Å². The lowest BCUT2D eigenvalue weighted by Crippen LogP contribution is -2.33. The predicted molar refractivity (Wildman–Crippen MR) is 85.9 cm³/mol. The van der Waals surface area contributed by atoms with Crippen molar-refractivity contribution in [2.45, 2.75) is 33.8 Å². The van der Waals surface area contributed by atoms with Crippen LogP contribution in [0.2, 0.25) is 0 Å². The molecular weight excluding hydrogens is 266 g/mol. The number of benzene rings is 1. The molecule has 0 fully saturated rings. The van der Waals surface area contributed by atoms with Crippen LogP contribution in [0.1, 0.15) is 25.0 Å². The summed E-state index contributed by atoms with van der Waals surface area (Å²) in [4.78, 5) is 0. The molecule has 1 atom stereocenters. The third-order valence-electron chi connectivity index (χ3n) is 3.03. The van der Waals surface area contributed by atoms with Crippen LogP contribution in [-0.4, -0.2) is 44.1 Å². The Morgan fingerprint density at radius 1 is 1.19 bits per heavy atom. The normalized spacial score (nSPS) is 12.7. The van der Waals surface area contributed by atoms with Gasteiger partial charge in [-0.15, -0.1) is 0 Å². The molecule has 2 N–H and O–H groups in total. The van der Waals surface area contributed by atoms with Gasteiger partial charge in [-0.1, -0.05) is 26.0 Å². The van der Waals surface area contributed by atoms with Crippen molar-refractivity contribution in [1.82, 2.24) is 5.32 Å². The quantitative estimate of drug-likeness (QED) is 0.650. The molecule has 0 aliphatic carbocycles. The summed E-state index contributed by atoms with van der Waals surface area (Å²) < 4.78 is 11.1. The van der Waals surface area contributed by atoms with Crippen LogP contribution in [0.4, 0.5) is 0 Å². The standard InChI is InChI=1S/C17H29NO3/c1-13(2)11-20-8-7-18-10-16(19)12-21-17-9-14(3)5-6-15(17)4/h5-6,9,13,16,18-19H,7-8,10-12H2,1-4H3. The maximum absolute atomic E-state index is 9.89. The van der Waals surface area contributed by atoms with Gasteiger partial charge in [0.2, 0.25) is 0 Å². The maximum atomic E-state index is 9.89. The molecule has 1 aromatic carbocycles. The van der Waals surface area contributed by atoms with E-state index in [0.717, 1.165) is 30.0 Å². The Morgan fingerprint density at radius 3 is 2.67 bits per heavy atom. The van der Waals surface area contributed by atoms with E-state index in [0.29, 0.717) is 25.7 Å². The Morgan fingerprint density at radius 2 is 1.95 bits per heavy atom. The van der Waals surface area contributed by atoms with Crippen LogP contribution < -0.4 is 10.1 Å². The summed E-state index contributed by atoms with van der Waals surface area (Å²) in [6.07, 6.45) is -0.519. The molecule has 120 valence electrons. The number of aryl methyl sites for hydroxylation is 2. The van der Waals surface area contributed by atoms with Gasteiger partial charge in [-0.05, 0) is 37.0 Å². The van der Waals surface area contributed by atoms with Crippen molar-refractivity contribution in [2.24, 2.45) is 5.92 Å². The third kappa shape index (κ3) is 8.05. The molecule has 4 heteroatoms. The molecule has 0 saturated carbocycles. The van der Waals surface area contributed by atoms with Gasteiger partial charge in [-0.25, -0.2) is 0 Å². The number of hydrogen-bond acceptors (Lipinski definition) is 4. The van der Waals surface area contributed by atoms with E-state index in [1.165, 1.54) is 0 Å². The number of nitrogens with one attached hydrogen (secondary N) is 1. The highest BCUT2D eigenvalue weighted by molar-refractivity contribution is 5.35. The molecule has 0 radical (unpaired) electrons. The van der Waals surface area contributed by atoms with E-state index >= 15 is 0 Å². The average molecular weight is 295 g/mol. The van der Waals surface area contributed by atoms with Gasteiger partial charge < -0.3 is 19.9 Å². The topological polar surface area (TPSA) is 50.7 Å². The number of aliphatic hydroxyl groups excluding tert-OH is 1. The SMILES string of the molecule is Cc1ccc(C)c(OCC(O)CNCCOCC(C)C)c1. The second-order valence-electron chi connectivity index (χ2n) is 5.91. The first kappa shape index (κ1) is 18.0. The minimum atomic E-state index is -0.519. The zero-order valence-electron chi connectivity index (χ0n) is 13.7. The molecule has 4 nitrogen and oxygen atoms in total. The summed E-state index contributed by atoms with van der Waals surface area (Å²) in [6, 6.07) is 6.08. The highest BCUT2D eigenvalue weighted by atomic mass is 16.5. The number of rotatable bonds is 10. The second kappa shape index (κ2) is 9.77. The molecule has 0 bridgehead atoms. The van der Waals surface area contributed by atoms with Crippen LogP contribution >= 0.6 is 0 Å². The molecule has 0 amide bonds. The van der Waals surface area contributed by atoms with Crippen LogP contribution in [0.5, 0.6) is 5.75 Å². The summed E-state index contributed by atoms with van der Waals surface area (Å²) in [5.41, 5.74) is 2.24. The fourth-order valence-electron chi connectivity index (χ4n) is 1.84. The molecule has 1 aromatic rings. The van der Waals surface area contributed by atoms with E-state index in [4.69, 9.17) is 9.47 Å². The molecule has 0 saturated heterocycles. The molecule has 0 spiro atoms. The van der Waals surface area contributed by atoms with Crippen molar-refractivity contribution >= 4 is 0 Å². The average Bonchev–Trinajstić information content (AvgIpc) is 2.43. The Kier molecular flexibility index (Phi) is 8.35. The van der Waals surface area contributed by atoms with Gasteiger partial charge in [0.05, 0.1) is 6.61 Å². The summed E-state index contributed by atoms with van der Waals surface area (Å²) in [7, 11) is 0. The van der Waals surface area contributed by atoms with Crippen molar-refractivity contribution in [1.29, 1.82) is 0 Å². The summed E-state index contributed by atoms with van der Waals surface area (Å²) in [5.74, 6) is 1.40. The molecule has 0 heterocycles. The van der Waals surface area contributed by atoms with Crippen molar-refractivity contribution in [3.63, 3.8) is 0 Å². The van der Waals surface area contributed by atoms with Crippen LogP contribution in [0.3, 0.4) is 0 Å². The van der Waals surface area contributed by atoms with E-state index in [9.17, 15) is 5.11 Å². The van der Waals surface area contributed by atoms with E-state index < -0.39 is 6.10 Å². The zero-order chi connectivity index (χ0) is 15.7. The molecule has 1 unspecified atom stereocenters. The Labute approximate surface area is 128 Å². The fourth-order valence-corrected chi connectivity index (χ4v) is 1.84. The lowest BCUT2D eigenvalue weighted by atomic mass is 10.1. The van der Waals surface area contributed by atoms with E-state index in [1.54, 1.807) is 0 Å². The van der Waals surface area contributed by atoms with E-state index in [-0.39, 0.29) is 0 Å². The van der Waals surface area contributed by atoms with E-state index in [2.05, 4.69) is 25.2 Å². The molecule has 0 aromatic heterocycles. The number of aliphatic hydroxyl groups is 1. The van der Waals surface area contributed by atoms with Crippen LogP contribution in [-0.2, 0) is 4.74 Å². The summed E-state index contributed by atoms with van der Waals surface area (Å²) in [6.45, 7) is 11.3. The Bertz CT molecular complexity index is 407. The zero-order valence-corrected chi connectivity index (χ0v) is 13.7. The van der Waals surface area contributed by atoms with Gasteiger partial charge in [0.1, 0.15) is 18.5 Å². The maximum Gasteiger partial charge on any atom is 0.122 e. The van der Waals surface area contributed by atoms with Crippen LogP contribution in [0.15, 0.2) is 18.2 Å². The third-order valence-corrected chi connectivity index (χ3v) is 3.03. The highest BCUT2D eigenvalue weighted by Gasteiger charge is 2.06. The van der Waals surface area contributed by atoms with Crippen molar-refractivity contribution < 1.29 is 14.6 Å². The van der Waals surface area contributed by atoms with Gasteiger partial charge in [0.25, 0.3) is 0 Å². The summed E-state index contributed by atoms with van der Waals surface area (Å²) >= 11 is 0. The first-order valence-electron chi connectivity index (χ1n) is 7.65. The fraction of sp³-hybridized carbons (Fsp3) is 0.647. The Hall–Kier alpha value is -1.10. The smallest absolute Gasteiger partial charge is 0.122 e. The molecular formula is C17H29NO3. The lowest BCUT2D eigenvalue weighted by Gasteiger charge is -2.15. The molecule has 0 aliphatic heterocycles. The largest absolute Gasteiger partial charge is 0.491 e. The first-order valence-corrected chi connectivity index (χ1v) is 7.65. The number of hydrogen-bond donors (Lipinski definition) is 2. The predicted octanol–water partition coefficient (Wildman–Crippen LogP) is 2.31. The van der Waals surface area contributed by atoms with Crippen LogP contribution in [0.25, 0.3) is 0 Å². The molecule has 0 aliphatic rings. The van der Waals surface area contributed by atoms with Gasteiger partial charge >= 0.3 is 0 Å². The molecule has 1 rings (SSSR count). The lowest BCUT2D eigenvalue weighted by molar-refractivity contribution is 0.0923. The van der Waals surface area contributed by atoms with Crippen molar-refractivity contribution in [3.8, 4) is 5.75 Å². The van der Waals surface area contributed by atoms with Gasteiger partial charge in [0, 0.05) is 19.7 Å². The monoisotopic (exact) mass is 295 g/mol. The Balaban J connectivity index is 2.13. The van der Waals surface area contributed by atoms with Gasteiger partial charge in [-0.2, -0.15) is 0 Å². The summed E-state index contributed by atoms with van der Waals surface area (Å²) in [5, 5.41) is 13.1. The van der Waals surface area contributed by atoms with Crippen molar-refractivity contribution in [2.75, 3.05) is 32.9 Å². The molecule has 21 heavy (non-hydrogen) atoms. The minimum absolute atomic E-state index is 0.296.